The molecule has 0 saturated carbocycles. The van der Waals surface area contributed by atoms with E-state index in [1.54, 1.807) is 0 Å². The maximum absolute atomic E-state index is 12.9. The summed E-state index contributed by atoms with van der Waals surface area (Å²) in [4.78, 5) is 22.1. The topological polar surface area (TPSA) is 87.7 Å². The average molecular weight is 349 g/mol. The zero-order valence-corrected chi connectivity index (χ0v) is 12.2. The van der Waals surface area contributed by atoms with Gasteiger partial charge in [-0.1, -0.05) is 0 Å². The highest BCUT2D eigenvalue weighted by Crippen LogP contribution is 2.22. The summed E-state index contributed by atoms with van der Waals surface area (Å²) in [6.07, 6.45) is -0.827. The lowest BCUT2D eigenvalue weighted by Crippen LogP contribution is -2.37. The van der Waals surface area contributed by atoms with Crippen LogP contribution in [0.25, 0.3) is 0 Å². The predicted molar refractivity (Wildman–Crippen MR) is 74.2 cm³/mol. The van der Waals surface area contributed by atoms with E-state index >= 15 is 0 Å². The number of hydrogen-bond acceptors (Lipinski definition) is 3. The van der Waals surface area contributed by atoms with Gasteiger partial charge in [-0.15, -0.1) is 0 Å². The Morgan fingerprint density at radius 3 is 2.75 bits per heavy atom. The van der Waals surface area contributed by atoms with Crippen LogP contribution in [-0.2, 0) is 9.53 Å². The fourth-order valence-corrected chi connectivity index (χ4v) is 1.85. The number of hydrogen-bond donors (Lipinski definition) is 3. The molecule has 2 amide bonds. The Morgan fingerprint density at radius 1 is 1.50 bits per heavy atom. The lowest BCUT2D eigenvalue weighted by Gasteiger charge is -2.14. The molecule has 8 heteroatoms. The molecule has 0 bridgehead atoms. The Balaban J connectivity index is 2.49. The van der Waals surface area contributed by atoms with Gasteiger partial charge in [0.15, 0.2) is 0 Å². The van der Waals surface area contributed by atoms with Crippen LogP contribution in [0.3, 0.4) is 0 Å². The summed E-state index contributed by atoms with van der Waals surface area (Å²) in [5.74, 6) is -1.44. The van der Waals surface area contributed by atoms with Crippen LogP contribution in [-0.4, -0.2) is 36.9 Å². The van der Waals surface area contributed by atoms with Gasteiger partial charge in [-0.05, 0) is 34.1 Å². The van der Waals surface area contributed by atoms with Crippen LogP contribution in [0.5, 0.6) is 0 Å². The summed E-state index contributed by atoms with van der Waals surface area (Å²) in [7, 11) is 1.36. The monoisotopic (exact) mass is 348 g/mol. The molecule has 110 valence electrons. The molecule has 1 unspecified atom stereocenters. The van der Waals surface area contributed by atoms with E-state index in [0.29, 0.717) is 10.2 Å². The standard InChI is InChI=1S/C12H14BrFN2O4/c1-20-8(5-11(17)18)6-15-12(19)16-10-3-2-7(14)4-9(10)13/h2-4,8H,5-6H2,1H3,(H,17,18)(H2,15,16,19). The second-order valence-electron chi connectivity index (χ2n) is 3.91. The number of ether oxygens (including phenoxy) is 1. The molecular formula is C12H14BrFN2O4. The number of carboxylic acids is 1. The van der Waals surface area contributed by atoms with Crippen molar-refractivity contribution in [3.05, 3.63) is 28.5 Å². The van der Waals surface area contributed by atoms with E-state index in [4.69, 9.17) is 9.84 Å². The molecule has 0 fully saturated rings. The van der Waals surface area contributed by atoms with Crippen molar-refractivity contribution in [1.82, 2.24) is 5.32 Å². The molecule has 20 heavy (non-hydrogen) atoms. The third-order valence-electron chi connectivity index (χ3n) is 2.41. The highest BCUT2D eigenvalue weighted by atomic mass is 79.9. The minimum absolute atomic E-state index is 0.0491. The van der Waals surface area contributed by atoms with E-state index < -0.39 is 23.9 Å². The number of carbonyl (C=O) groups is 2. The van der Waals surface area contributed by atoms with Gasteiger partial charge in [0.05, 0.1) is 18.2 Å². The quantitative estimate of drug-likeness (QED) is 0.735. The predicted octanol–water partition coefficient (Wildman–Crippen LogP) is 2.20. The molecule has 0 spiro atoms. The van der Waals surface area contributed by atoms with Gasteiger partial charge in [-0.2, -0.15) is 0 Å². The van der Waals surface area contributed by atoms with Crippen LogP contribution >= 0.6 is 15.9 Å². The number of aliphatic carboxylic acids is 1. The lowest BCUT2D eigenvalue weighted by atomic mass is 10.2. The number of nitrogens with one attached hydrogen (secondary N) is 2. The van der Waals surface area contributed by atoms with Crippen molar-refractivity contribution >= 4 is 33.6 Å². The molecule has 0 aromatic heterocycles. The van der Waals surface area contributed by atoms with Crippen molar-refractivity contribution in [1.29, 1.82) is 0 Å². The van der Waals surface area contributed by atoms with E-state index in [0.717, 1.165) is 0 Å². The van der Waals surface area contributed by atoms with E-state index in [1.807, 2.05) is 0 Å². The summed E-state index contributed by atoms with van der Waals surface area (Å²) >= 11 is 3.12. The van der Waals surface area contributed by atoms with Crippen LogP contribution in [0.2, 0.25) is 0 Å². The average Bonchev–Trinajstić information content (AvgIpc) is 2.37. The van der Waals surface area contributed by atoms with Gasteiger partial charge in [0.25, 0.3) is 0 Å². The van der Waals surface area contributed by atoms with Gasteiger partial charge in [-0.25, -0.2) is 9.18 Å². The largest absolute Gasteiger partial charge is 0.481 e. The van der Waals surface area contributed by atoms with Crippen molar-refractivity contribution in [2.45, 2.75) is 12.5 Å². The maximum atomic E-state index is 12.9. The molecule has 0 heterocycles. The minimum atomic E-state index is -1.01. The minimum Gasteiger partial charge on any atom is -0.481 e. The Bertz CT molecular complexity index is 498. The third-order valence-corrected chi connectivity index (χ3v) is 3.06. The second-order valence-corrected chi connectivity index (χ2v) is 4.77. The normalized spacial score (nSPS) is 11.8. The zero-order valence-electron chi connectivity index (χ0n) is 10.7. The SMILES string of the molecule is COC(CNC(=O)Nc1ccc(F)cc1Br)CC(=O)O. The molecule has 0 saturated heterocycles. The first-order chi connectivity index (χ1) is 9.42. The first kappa shape index (κ1) is 16.4. The van der Waals surface area contributed by atoms with Crippen LogP contribution < -0.4 is 10.6 Å². The van der Waals surface area contributed by atoms with E-state index in [2.05, 4.69) is 26.6 Å². The molecule has 6 nitrogen and oxygen atoms in total. The molecule has 3 N–H and O–H groups in total. The van der Waals surface area contributed by atoms with Crippen molar-refractivity contribution in [2.24, 2.45) is 0 Å². The van der Waals surface area contributed by atoms with Crippen LogP contribution in [0.4, 0.5) is 14.9 Å². The first-order valence-corrected chi connectivity index (χ1v) is 6.46. The van der Waals surface area contributed by atoms with Crippen molar-refractivity contribution in [2.75, 3.05) is 19.0 Å². The Hall–Kier alpha value is -1.67. The van der Waals surface area contributed by atoms with Gasteiger partial charge in [-0.3, -0.25) is 4.79 Å². The molecule has 0 aliphatic carbocycles. The van der Waals surface area contributed by atoms with E-state index in [-0.39, 0.29) is 13.0 Å². The molecule has 1 aromatic carbocycles. The van der Waals surface area contributed by atoms with Crippen molar-refractivity contribution in [3.63, 3.8) is 0 Å². The summed E-state index contributed by atoms with van der Waals surface area (Å²) in [5, 5.41) is 13.6. The summed E-state index contributed by atoms with van der Waals surface area (Å²) in [6, 6.07) is 3.30. The lowest BCUT2D eigenvalue weighted by molar-refractivity contribution is -0.139. The van der Waals surface area contributed by atoms with Gasteiger partial charge in [0.1, 0.15) is 5.82 Å². The number of halogens is 2. The molecule has 0 aliphatic heterocycles. The van der Waals surface area contributed by atoms with E-state index in [9.17, 15) is 14.0 Å². The number of rotatable bonds is 6. The number of amides is 2. The molecule has 1 aromatic rings. The summed E-state index contributed by atoms with van der Waals surface area (Å²) in [5.41, 5.74) is 0.399. The first-order valence-electron chi connectivity index (χ1n) is 5.67. The number of benzene rings is 1. The smallest absolute Gasteiger partial charge is 0.319 e. The fourth-order valence-electron chi connectivity index (χ4n) is 1.40. The molecule has 1 atom stereocenters. The number of anilines is 1. The fraction of sp³-hybridized carbons (Fsp3) is 0.333. The molecule has 1 rings (SSSR count). The highest BCUT2D eigenvalue weighted by Gasteiger charge is 2.14. The number of urea groups is 1. The number of methoxy groups -OCH3 is 1. The Morgan fingerprint density at radius 2 is 2.20 bits per heavy atom. The van der Waals surface area contributed by atoms with Crippen molar-refractivity contribution < 1.29 is 23.8 Å². The van der Waals surface area contributed by atoms with Gasteiger partial charge in [0, 0.05) is 18.1 Å². The Kier molecular flexibility index (Phi) is 6.40. The van der Waals surface area contributed by atoms with Crippen LogP contribution in [0.1, 0.15) is 6.42 Å². The summed E-state index contributed by atoms with van der Waals surface area (Å²) in [6.45, 7) is 0.0491. The molecular weight excluding hydrogens is 335 g/mol. The van der Waals surface area contributed by atoms with Gasteiger partial charge >= 0.3 is 12.0 Å². The molecule has 0 radical (unpaired) electrons. The third kappa shape index (κ3) is 5.54. The maximum Gasteiger partial charge on any atom is 0.319 e. The zero-order chi connectivity index (χ0) is 15.1. The van der Waals surface area contributed by atoms with Crippen LogP contribution in [0.15, 0.2) is 22.7 Å². The second kappa shape index (κ2) is 7.81. The number of carboxylic acid groups (broad SMARTS) is 1. The van der Waals surface area contributed by atoms with Crippen LogP contribution in [0, 0.1) is 5.82 Å². The van der Waals surface area contributed by atoms with Crippen molar-refractivity contribution in [3.8, 4) is 0 Å². The van der Waals surface area contributed by atoms with E-state index in [1.165, 1.54) is 25.3 Å². The Labute approximate surface area is 123 Å². The highest BCUT2D eigenvalue weighted by molar-refractivity contribution is 9.10. The number of carbonyl (C=O) groups excluding carboxylic acids is 1. The summed E-state index contributed by atoms with van der Waals surface area (Å²) < 4.78 is 18.2. The molecule has 0 aliphatic rings. The van der Waals surface area contributed by atoms with Gasteiger partial charge < -0.3 is 20.5 Å². The van der Waals surface area contributed by atoms with Gasteiger partial charge in [0.2, 0.25) is 0 Å².